The molecule has 27 heavy (non-hydrogen) atoms. The zero-order valence-corrected chi connectivity index (χ0v) is 15.7. The molecule has 1 aliphatic carbocycles. The fraction of sp³-hybridized carbons (Fsp3) is 0.381. The van der Waals surface area contributed by atoms with Crippen molar-refractivity contribution in [2.75, 3.05) is 12.4 Å². The molecule has 0 aliphatic heterocycles. The van der Waals surface area contributed by atoms with Crippen molar-refractivity contribution in [3.05, 3.63) is 53.3 Å². The second-order valence-corrected chi connectivity index (χ2v) is 6.87. The molecule has 0 bridgehead atoms. The molecule has 2 amide bonds. The Morgan fingerprint density at radius 3 is 2.44 bits per heavy atom. The topological polar surface area (TPSA) is 80.3 Å². The summed E-state index contributed by atoms with van der Waals surface area (Å²) in [6, 6.07) is 10.6. The Morgan fingerprint density at radius 1 is 1.04 bits per heavy atom. The highest BCUT2D eigenvalue weighted by Gasteiger charge is 2.19. The first-order valence-corrected chi connectivity index (χ1v) is 9.31. The molecule has 1 aliphatic rings. The van der Waals surface area contributed by atoms with Crippen LogP contribution >= 0.6 is 0 Å². The van der Waals surface area contributed by atoms with Gasteiger partial charge in [0.15, 0.2) is 0 Å². The number of amides is 2. The summed E-state index contributed by atoms with van der Waals surface area (Å²) in [5, 5.41) is 5.83. The molecule has 1 aromatic carbocycles. The van der Waals surface area contributed by atoms with Crippen LogP contribution in [0.25, 0.3) is 0 Å². The molecule has 6 heteroatoms. The third-order valence-corrected chi connectivity index (χ3v) is 4.76. The molecule has 0 spiro atoms. The Labute approximate surface area is 159 Å². The lowest BCUT2D eigenvalue weighted by Gasteiger charge is -2.22. The number of nitrogens with zero attached hydrogens (tertiary/aromatic N) is 1. The fourth-order valence-corrected chi connectivity index (χ4v) is 3.30. The SMILES string of the molecule is COc1ccc(C)cc1NC(=O)c1cccc(C(=O)NC2CCCCC2)n1. The number of nitrogens with one attached hydrogen (secondary N) is 2. The smallest absolute Gasteiger partial charge is 0.274 e. The van der Waals surface area contributed by atoms with Crippen LogP contribution in [0.5, 0.6) is 5.75 Å². The van der Waals surface area contributed by atoms with Gasteiger partial charge in [0, 0.05) is 6.04 Å². The highest BCUT2D eigenvalue weighted by molar-refractivity contribution is 6.04. The molecule has 142 valence electrons. The number of aryl methyl sites for hydroxylation is 1. The number of ether oxygens (including phenoxy) is 1. The average Bonchev–Trinajstić information content (AvgIpc) is 2.69. The Morgan fingerprint density at radius 2 is 1.74 bits per heavy atom. The van der Waals surface area contributed by atoms with Gasteiger partial charge in [0.2, 0.25) is 0 Å². The first kappa shape index (κ1) is 18.9. The summed E-state index contributed by atoms with van der Waals surface area (Å²) in [6.07, 6.45) is 5.50. The van der Waals surface area contributed by atoms with E-state index in [1.54, 1.807) is 31.4 Å². The minimum atomic E-state index is -0.383. The van der Waals surface area contributed by atoms with Gasteiger partial charge < -0.3 is 15.4 Å². The van der Waals surface area contributed by atoms with Gasteiger partial charge in [-0.2, -0.15) is 0 Å². The minimum Gasteiger partial charge on any atom is -0.495 e. The number of pyridine rings is 1. The van der Waals surface area contributed by atoms with Crippen molar-refractivity contribution in [2.45, 2.75) is 45.1 Å². The lowest BCUT2D eigenvalue weighted by atomic mass is 9.95. The van der Waals surface area contributed by atoms with Gasteiger partial charge in [-0.3, -0.25) is 9.59 Å². The lowest BCUT2D eigenvalue weighted by molar-refractivity contribution is 0.0922. The number of benzene rings is 1. The van der Waals surface area contributed by atoms with Crippen LogP contribution in [0.3, 0.4) is 0 Å². The summed E-state index contributed by atoms with van der Waals surface area (Å²) in [6.45, 7) is 1.93. The number of hydrogen-bond acceptors (Lipinski definition) is 4. The van der Waals surface area contributed by atoms with Crippen LogP contribution in [0.4, 0.5) is 5.69 Å². The average molecular weight is 367 g/mol. The van der Waals surface area contributed by atoms with E-state index in [1.165, 1.54) is 6.42 Å². The normalized spacial score (nSPS) is 14.4. The predicted octanol–water partition coefficient (Wildman–Crippen LogP) is 3.71. The number of aromatic nitrogens is 1. The van der Waals surface area contributed by atoms with Crippen molar-refractivity contribution >= 4 is 17.5 Å². The van der Waals surface area contributed by atoms with Crippen LogP contribution in [0, 0.1) is 6.92 Å². The van der Waals surface area contributed by atoms with E-state index in [9.17, 15) is 9.59 Å². The molecule has 1 saturated carbocycles. The van der Waals surface area contributed by atoms with Gasteiger partial charge in [-0.1, -0.05) is 31.4 Å². The summed E-state index contributed by atoms with van der Waals surface area (Å²) in [5.74, 6) is -0.0453. The summed E-state index contributed by atoms with van der Waals surface area (Å²) < 4.78 is 5.28. The maximum Gasteiger partial charge on any atom is 0.274 e. The zero-order chi connectivity index (χ0) is 19.2. The van der Waals surface area contributed by atoms with E-state index < -0.39 is 0 Å². The molecule has 0 radical (unpaired) electrons. The molecule has 1 aromatic heterocycles. The van der Waals surface area contributed by atoms with Crippen LogP contribution in [0.2, 0.25) is 0 Å². The van der Waals surface area contributed by atoms with Crippen LogP contribution in [0.15, 0.2) is 36.4 Å². The highest BCUT2D eigenvalue weighted by Crippen LogP contribution is 2.25. The van der Waals surface area contributed by atoms with Crippen LogP contribution in [-0.4, -0.2) is 29.9 Å². The van der Waals surface area contributed by atoms with Gasteiger partial charge in [-0.05, 0) is 49.6 Å². The molecule has 6 nitrogen and oxygen atoms in total. The van der Waals surface area contributed by atoms with E-state index in [0.29, 0.717) is 11.4 Å². The van der Waals surface area contributed by atoms with Crippen LogP contribution < -0.4 is 15.4 Å². The fourth-order valence-electron chi connectivity index (χ4n) is 3.30. The zero-order valence-electron chi connectivity index (χ0n) is 15.7. The molecule has 0 unspecified atom stereocenters. The standard InChI is InChI=1S/C21H25N3O3/c1-14-11-12-19(27-2)18(13-14)24-21(26)17-10-6-9-16(23-17)20(25)22-15-7-4-3-5-8-15/h6,9-13,15H,3-5,7-8H2,1-2H3,(H,22,25)(H,24,26). The summed E-state index contributed by atoms with van der Waals surface area (Å²) >= 11 is 0. The number of anilines is 1. The largest absolute Gasteiger partial charge is 0.495 e. The van der Waals surface area contributed by atoms with E-state index in [1.807, 2.05) is 19.1 Å². The molecular formula is C21H25N3O3. The van der Waals surface area contributed by atoms with Crippen LogP contribution in [-0.2, 0) is 0 Å². The monoisotopic (exact) mass is 367 g/mol. The molecule has 2 aromatic rings. The number of hydrogen-bond donors (Lipinski definition) is 2. The van der Waals surface area contributed by atoms with Crippen molar-refractivity contribution in [3.63, 3.8) is 0 Å². The van der Waals surface area contributed by atoms with Crippen molar-refractivity contribution in [1.82, 2.24) is 10.3 Å². The Balaban J connectivity index is 1.72. The summed E-state index contributed by atoms with van der Waals surface area (Å²) in [5.41, 5.74) is 2.01. The van der Waals surface area contributed by atoms with Gasteiger partial charge >= 0.3 is 0 Å². The number of methoxy groups -OCH3 is 1. The van der Waals surface area contributed by atoms with E-state index in [0.717, 1.165) is 31.2 Å². The maximum atomic E-state index is 12.6. The lowest BCUT2D eigenvalue weighted by Crippen LogP contribution is -2.36. The van der Waals surface area contributed by atoms with Crippen molar-refractivity contribution in [3.8, 4) is 5.75 Å². The maximum absolute atomic E-state index is 12.6. The second kappa shape index (κ2) is 8.66. The Bertz CT molecular complexity index is 829. The number of carbonyl (C=O) groups excluding carboxylic acids is 2. The third kappa shape index (κ3) is 4.84. The van der Waals surface area contributed by atoms with Gasteiger partial charge in [0.05, 0.1) is 12.8 Å². The van der Waals surface area contributed by atoms with Crippen molar-refractivity contribution in [2.24, 2.45) is 0 Å². The number of rotatable bonds is 5. The first-order chi connectivity index (χ1) is 13.1. The summed E-state index contributed by atoms with van der Waals surface area (Å²) in [4.78, 5) is 29.3. The van der Waals surface area contributed by atoms with Gasteiger partial charge in [-0.15, -0.1) is 0 Å². The molecule has 1 heterocycles. The first-order valence-electron chi connectivity index (χ1n) is 9.31. The molecular weight excluding hydrogens is 342 g/mol. The van der Waals surface area contributed by atoms with Crippen molar-refractivity contribution < 1.29 is 14.3 Å². The second-order valence-electron chi connectivity index (χ2n) is 6.87. The van der Waals surface area contributed by atoms with E-state index >= 15 is 0 Å². The molecule has 0 atom stereocenters. The number of carbonyl (C=O) groups is 2. The molecule has 1 fully saturated rings. The van der Waals surface area contributed by atoms with E-state index in [2.05, 4.69) is 15.6 Å². The van der Waals surface area contributed by atoms with Gasteiger partial charge in [0.25, 0.3) is 11.8 Å². The Kier molecular flexibility index (Phi) is 6.06. The third-order valence-electron chi connectivity index (χ3n) is 4.76. The van der Waals surface area contributed by atoms with E-state index in [4.69, 9.17) is 4.74 Å². The van der Waals surface area contributed by atoms with Gasteiger partial charge in [-0.25, -0.2) is 4.98 Å². The van der Waals surface area contributed by atoms with E-state index in [-0.39, 0.29) is 29.2 Å². The molecule has 0 saturated heterocycles. The van der Waals surface area contributed by atoms with Crippen LogP contribution in [0.1, 0.15) is 58.6 Å². The molecule has 2 N–H and O–H groups in total. The molecule has 3 rings (SSSR count). The Hall–Kier alpha value is -2.89. The van der Waals surface area contributed by atoms with Crippen molar-refractivity contribution in [1.29, 1.82) is 0 Å². The highest BCUT2D eigenvalue weighted by atomic mass is 16.5. The predicted molar refractivity (Wildman–Crippen MR) is 104 cm³/mol. The quantitative estimate of drug-likeness (QED) is 0.844. The minimum absolute atomic E-state index is 0.190. The van der Waals surface area contributed by atoms with Gasteiger partial charge in [0.1, 0.15) is 17.1 Å². The summed E-state index contributed by atoms with van der Waals surface area (Å²) in [7, 11) is 1.55.